The van der Waals surface area contributed by atoms with Crippen molar-refractivity contribution in [1.82, 2.24) is 25.6 Å². The number of aromatic nitrogens is 3. The van der Waals surface area contributed by atoms with Crippen LogP contribution in [0.25, 0.3) is 0 Å². The summed E-state index contributed by atoms with van der Waals surface area (Å²) in [6.45, 7) is 3.45. The molecule has 1 aliphatic heterocycles. The third kappa shape index (κ3) is 4.52. The van der Waals surface area contributed by atoms with E-state index in [1.54, 1.807) is 17.8 Å². The summed E-state index contributed by atoms with van der Waals surface area (Å²) in [5.41, 5.74) is 0.401. The standard InChI is InChI=1S/C16H19F2N5O.ClH/c1-10(13-3-2-11(17)8-14(13)18)20-16(24)15-9-23(22-21-15)12-4-6-19-7-5-12;/h2-3,8-10,12,19H,4-7H2,1H3,(H,20,24);1H. The minimum atomic E-state index is -0.693. The Labute approximate surface area is 150 Å². The van der Waals surface area contributed by atoms with Crippen LogP contribution in [0.15, 0.2) is 24.4 Å². The molecular formula is C16H20ClF2N5O. The van der Waals surface area contributed by atoms with Gasteiger partial charge in [0, 0.05) is 11.6 Å². The van der Waals surface area contributed by atoms with Gasteiger partial charge in [0.2, 0.25) is 0 Å². The molecule has 0 aliphatic carbocycles. The van der Waals surface area contributed by atoms with E-state index in [0.29, 0.717) is 0 Å². The number of nitrogens with zero attached hydrogens (tertiary/aromatic N) is 3. The number of carbonyl (C=O) groups excluding carboxylic acids is 1. The molecule has 0 bridgehead atoms. The highest BCUT2D eigenvalue weighted by Crippen LogP contribution is 2.19. The average molecular weight is 372 g/mol. The van der Waals surface area contributed by atoms with Crippen molar-refractivity contribution in [2.24, 2.45) is 0 Å². The molecule has 1 aromatic carbocycles. The molecule has 136 valence electrons. The zero-order valence-corrected chi connectivity index (χ0v) is 14.5. The van der Waals surface area contributed by atoms with Crippen LogP contribution in [0, 0.1) is 11.6 Å². The Morgan fingerprint density at radius 1 is 1.36 bits per heavy atom. The molecule has 0 spiro atoms. The fourth-order valence-corrected chi connectivity index (χ4v) is 2.83. The van der Waals surface area contributed by atoms with Gasteiger partial charge in [0.15, 0.2) is 5.69 Å². The van der Waals surface area contributed by atoms with Crippen LogP contribution >= 0.6 is 12.4 Å². The second-order valence-corrected chi connectivity index (χ2v) is 5.93. The van der Waals surface area contributed by atoms with Gasteiger partial charge in [-0.3, -0.25) is 4.79 Å². The molecule has 1 fully saturated rings. The maximum atomic E-state index is 13.8. The highest BCUT2D eigenvalue weighted by molar-refractivity contribution is 5.92. The first-order chi connectivity index (χ1) is 11.5. The number of rotatable bonds is 4. The summed E-state index contributed by atoms with van der Waals surface area (Å²) < 4.78 is 28.4. The summed E-state index contributed by atoms with van der Waals surface area (Å²) in [5.74, 6) is -1.78. The summed E-state index contributed by atoms with van der Waals surface area (Å²) in [7, 11) is 0. The molecule has 1 atom stereocenters. The molecule has 1 amide bonds. The van der Waals surface area contributed by atoms with Crippen molar-refractivity contribution in [2.45, 2.75) is 31.8 Å². The molecule has 2 N–H and O–H groups in total. The maximum absolute atomic E-state index is 13.8. The van der Waals surface area contributed by atoms with Crippen LogP contribution in [0.2, 0.25) is 0 Å². The Balaban J connectivity index is 0.00000225. The topological polar surface area (TPSA) is 71.8 Å². The van der Waals surface area contributed by atoms with Crippen molar-refractivity contribution in [3.05, 3.63) is 47.3 Å². The summed E-state index contributed by atoms with van der Waals surface area (Å²) in [5, 5.41) is 13.8. The normalized spacial score (nSPS) is 16.1. The summed E-state index contributed by atoms with van der Waals surface area (Å²) in [6.07, 6.45) is 3.47. The highest BCUT2D eigenvalue weighted by atomic mass is 35.5. The van der Waals surface area contributed by atoms with E-state index >= 15 is 0 Å². The summed E-state index contributed by atoms with van der Waals surface area (Å²) >= 11 is 0. The number of benzene rings is 1. The fourth-order valence-electron chi connectivity index (χ4n) is 2.83. The van der Waals surface area contributed by atoms with E-state index in [1.165, 1.54) is 6.07 Å². The molecule has 1 saturated heterocycles. The molecule has 2 aromatic rings. The molecule has 0 saturated carbocycles. The Kier molecular flexibility index (Phi) is 6.44. The van der Waals surface area contributed by atoms with Gasteiger partial charge in [-0.05, 0) is 38.9 Å². The van der Waals surface area contributed by atoms with Crippen LogP contribution in [0.4, 0.5) is 8.78 Å². The van der Waals surface area contributed by atoms with Gasteiger partial charge in [0.1, 0.15) is 11.6 Å². The molecule has 3 rings (SSSR count). The first-order valence-electron chi connectivity index (χ1n) is 7.93. The molecular weight excluding hydrogens is 352 g/mol. The Morgan fingerprint density at radius 2 is 2.08 bits per heavy atom. The number of piperidine rings is 1. The van der Waals surface area contributed by atoms with E-state index in [9.17, 15) is 13.6 Å². The summed E-state index contributed by atoms with van der Waals surface area (Å²) in [6, 6.07) is 2.90. The van der Waals surface area contributed by atoms with Crippen molar-refractivity contribution < 1.29 is 13.6 Å². The van der Waals surface area contributed by atoms with Gasteiger partial charge in [0.25, 0.3) is 5.91 Å². The second kappa shape index (κ2) is 8.35. The number of amides is 1. The second-order valence-electron chi connectivity index (χ2n) is 5.93. The highest BCUT2D eigenvalue weighted by Gasteiger charge is 2.20. The minimum absolute atomic E-state index is 0. The van der Waals surface area contributed by atoms with Crippen molar-refractivity contribution in [3.8, 4) is 0 Å². The number of hydrogen-bond acceptors (Lipinski definition) is 4. The van der Waals surface area contributed by atoms with Crippen LogP contribution in [0.3, 0.4) is 0 Å². The third-order valence-electron chi connectivity index (χ3n) is 4.20. The van der Waals surface area contributed by atoms with Gasteiger partial charge in [-0.15, -0.1) is 17.5 Å². The lowest BCUT2D eigenvalue weighted by Crippen LogP contribution is -2.29. The molecule has 1 aliphatic rings. The van der Waals surface area contributed by atoms with E-state index in [4.69, 9.17) is 0 Å². The van der Waals surface area contributed by atoms with Crippen molar-refractivity contribution >= 4 is 18.3 Å². The van der Waals surface area contributed by atoms with Gasteiger partial charge in [0.05, 0.1) is 18.3 Å². The van der Waals surface area contributed by atoms with Crippen molar-refractivity contribution in [2.75, 3.05) is 13.1 Å². The van der Waals surface area contributed by atoms with E-state index in [-0.39, 0.29) is 29.7 Å². The molecule has 25 heavy (non-hydrogen) atoms. The predicted molar refractivity (Wildman–Crippen MR) is 90.6 cm³/mol. The molecule has 6 nitrogen and oxygen atoms in total. The lowest BCUT2D eigenvalue weighted by atomic mass is 10.1. The lowest BCUT2D eigenvalue weighted by Gasteiger charge is -2.22. The Hall–Kier alpha value is -2.06. The quantitative estimate of drug-likeness (QED) is 0.865. The predicted octanol–water partition coefficient (Wildman–Crippen LogP) is 2.39. The van der Waals surface area contributed by atoms with Gasteiger partial charge in [-0.25, -0.2) is 13.5 Å². The smallest absolute Gasteiger partial charge is 0.273 e. The number of nitrogens with one attached hydrogen (secondary N) is 2. The molecule has 9 heteroatoms. The maximum Gasteiger partial charge on any atom is 0.273 e. The molecule has 1 unspecified atom stereocenters. The molecule has 1 aromatic heterocycles. The molecule has 2 heterocycles. The Morgan fingerprint density at radius 3 is 2.76 bits per heavy atom. The number of halogens is 3. The van der Waals surface area contributed by atoms with Gasteiger partial charge in [-0.2, -0.15) is 0 Å². The monoisotopic (exact) mass is 371 g/mol. The van der Waals surface area contributed by atoms with Gasteiger partial charge < -0.3 is 10.6 Å². The van der Waals surface area contributed by atoms with E-state index < -0.39 is 23.6 Å². The van der Waals surface area contributed by atoms with Crippen LogP contribution in [-0.2, 0) is 0 Å². The minimum Gasteiger partial charge on any atom is -0.344 e. The van der Waals surface area contributed by atoms with Gasteiger partial charge >= 0.3 is 0 Å². The number of carbonyl (C=O) groups is 1. The lowest BCUT2D eigenvalue weighted by molar-refractivity contribution is 0.0934. The SMILES string of the molecule is CC(NC(=O)c1cn(C2CCNCC2)nn1)c1ccc(F)cc1F.Cl. The first-order valence-corrected chi connectivity index (χ1v) is 7.93. The van der Waals surface area contributed by atoms with Crippen molar-refractivity contribution in [3.63, 3.8) is 0 Å². The molecule has 0 radical (unpaired) electrons. The van der Waals surface area contributed by atoms with E-state index in [0.717, 1.165) is 38.1 Å². The van der Waals surface area contributed by atoms with Crippen molar-refractivity contribution in [1.29, 1.82) is 0 Å². The average Bonchev–Trinajstić information content (AvgIpc) is 3.05. The van der Waals surface area contributed by atoms with E-state index in [1.807, 2.05) is 0 Å². The number of hydrogen-bond donors (Lipinski definition) is 2. The first kappa shape index (κ1) is 19.3. The Bertz CT molecular complexity index is 733. The van der Waals surface area contributed by atoms with Crippen LogP contribution in [-0.4, -0.2) is 34.0 Å². The fraction of sp³-hybridized carbons (Fsp3) is 0.438. The third-order valence-corrected chi connectivity index (χ3v) is 4.20. The largest absolute Gasteiger partial charge is 0.344 e. The van der Waals surface area contributed by atoms with Crippen LogP contribution in [0.5, 0.6) is 0 Å². The zero-order chi connectivity index (χ0) is 17.1. The zero-order valence-electron chi connectivity index (χ0n) is 13.7. The van der Waals surface area contributed by atoms with Crippen LogP contribution in [0.1, 0.15) is 47.9 Å². The van der Waals surface area contributed by atoms with E-state index in [2.05, 4.69) is 20.9 Å². The summed E-state index contributed by atoms with van der Waals surface area (Å²) in [4.78, 5) is 12.3. The van der Waals surface area contributed by atoms with Gasteiger partial charge in [-0.1, -0.05) is 11.3 Å². The van der Waals surface area contributed by atoms with Crippen LogP contribution < -0.4 is 10.6 Å².